The van der Waals surface area contributed by atoms with Gasteiger partial charge in [0.1, 0.15) is 17.9 Å². The second kappa shape index (κ2) is 6.84. The number of hydrogen-bond donors (Lipinski definition) is 1. The fraction of sp³-hybridized carbons (Fsp3) is 0.150. The summed E-state index contributed by atoms with van der Waals surface area (Å²) < 4.78 is 5.18. The minimum Gasteiger partial charge on any atom is -0.497 e. The molecule has 1 aromatic heterocycles. The number of aromatic nitrogens is 2. The number of ether oxygens (including phenoxy) is 1. The van der Waals surface area contributed by atoms with Crippen molar-refractivity contribution in [3.63, 3.8) is 0 Å². The molecular weight excluding hydrogens is 328 g/mol. The van der Waals surface area contributed by atoms with Gasteiger partial charge < -0.3 is 15.0 Å². The average molecular weight is 346 g/mol. The lowest BCUT2D eigenvalue weighted by Gasteiger charge is -2.15. The molecule has 0 atom stereocenters. The summed E-state index contributed by atoms with van der Waals surface area (Å²) in [5, 5.41) is 3.23. The number of rotatable bonds is 5. The molecule has 0 fully saturated rings. The molecule has 1 aliphatic heterocycles. The van der Waals surface area contributed by atoms with Crippen LogP contribution in [-0.4, -0.2) is 27.9 Å². The van der Waals surface area contributed by atoms with E-state index >= 15 is 0 Å². The molecule has 0 radical (unpaired) electrons. The van der Waals surface area contributed by atoms with E-state index in [0.717, 1.165) is 33.9 Å². The summed E-state index contributed by atoms with van der Waals surface area (Å²) in [6.07, 6.45) is 3.18. The van der Waals surface area contributed by atoms with E-state index < -0.39 is 0 Å². The third kappa shape index (κ3) is 3.21. The summed E-state index contributed by atoms with van der Waals surface area (Å²) in [7, 11) is 1.64. The molecule has 1 amide bonds. The number of anilines is 2. The van der Waals surface area contributed by atoms with Gasteiger partial charge in [0.2, 0.25) is 0 Å². The van der Waals surface area contributed by atoms with Crippen LogP contribution in [0.1, 0.15) is 21.5 Å². The van der Waals surface area contributed by atoms with Gasteiger partial charge in [-0.25, -0.2) is 9.97 Å². The molecular formula is C20H18N4O2. The second-order valence-corrected chi connectivity index (χ2v) is 6.10. The number of carbonyl (C=O) groups is 1. The number of amides is 1. The number of nitrogens with one attached hydrogen (secondary N) is 1. The molecule has 2 heterocycles. The molecule has 6 nitrogen and oxygen atoms in total. The molecule has 1 aliphatic rings. The molecule has 1 N–H and O–H groups in total. The quantitative estimate of drug-likeness (QED) is 0.767. The first-order chi connectivity index (χ1) is 12.7. The van der Waals surface area contributed by atoms with Crippen molar-refractivity contribution in [2.75, 3.05) is 12.4 Å². The Morgan fingerprint density at radius 1 is 1.15 bits per heavy atom. The number of hydrogen-bond acceptors (Lipinski definition) is 5. The normalized spacial score (nSPS) is 12.8. The molecule has 0 saturated carbocycles. The monoisotopic (exact) mass is 346 g/mol. The van der Waals surface area contributed by atoms with E-state index in [1.165, 1.54) is 6.33 Å². The summed E-state index contributed by atoms with van der Waals surface area (Å²) in [5.74, 6) is 1.59. The van der Waals surface area contributed by atoms with E-state index in [1.54, 1.807) is 19.4 Å². The molecule has 0 spiro atoms. The van der Waals surface area contributed by atoms with Crippen LogP contribution < -0.4 is 10.1 Å². The van der Waals surface area contributed by atoms with Gasteiger partial charge in [-0.2, -0.15) is 0 Å². The first kappa shape index (κ1) is 16.1. The zero-order valence-electron chi connectivity index (χ0n) is 14.3. The maximum absolute atomic E-state index is 12.7. The standard InChI is InChI=1S/C20H18N4O2/c1-26-17-5-2-14(3-6-17)11-24-12-15-10-16(4-7-18(15)20(24)25)23-19-8-9-21-13-22-19/h2-10,13H,11-12H2,1H3,(H,21,22,23). The first-order valence-electron chi connectivity index (χ1n) is 8.31. The number of methoxy groups -OCH3 is 1. The van der Waals surface area contributed by atoms with Crippen molar-refractivity contribution in [1.29, 1.82) is 0 Å². The molecule has 0 bridgehead atoms. The molecule has 6 heteroatoms. The number of fused-ring (bicyclic) bond motifs is 1. The maximum Gasteiger partial charge on any atom is 0.254 e. The predicted octanol–water partition coefficient (Wildman–Crippen LogP) is 3.38. The second-order valence-electron chi connectivity index (χ2n) is 6.10. The van der Waals surface area contributed by atoms with Crippen LogP contribution in [0, 0.1) is 0 Å². The summed E-state index contributed by atoms with van der Waals surface area (Å²) in [5.41, 5.74) is 3.75. The van der Waals surface area contributed by atoms with Gasteiger partial charge in [0.25, 0.3) is 5.91 Å². The van der Waals surface area contributed by atoms with Crippen molar-refractivity contribution >= 4 is 17.4 Å². The summed E-state index contributed by atoms with van der Waals surface area (Å²) in [4.78, 5) is 22.6. The van der Waals surface area contributed by atoms with E-state index in [9.17, 15) is 4.79 Å². The average Bonchev–Trinajstić information content (AvgIpc) is 2.98. The summed E-state index contributed by atoms with van der Waals surface area (Å²) >= 11 is 0. The summed E-state index contributed by atoms with van der Waals surface area (Å²) in [6.45, 7) is 1.17. The zero-order chi connectivity index (χ0) is 17.9. The predicted molar refractivity (Wildman–Crippen MR) is 98.3 cm³/mol. The van der Waals surface area contributed by atoms with Gasteiger partial charge in [-0.15, -0.1) is 0 Å². The van der Waals surface area contributed by atoms with Crippen molar-refractivity contribution in [2.24, 2.45) is 0 Å². The highest BCUT2D eigenvalue weighted by molar-refractivity contribution is 5.98. The van der Waals surface area contributed by atoms with Gasteiger partial charge in [0.05, 0.1) is 7.11 Å². The topological polar surface area (TPSA) is 67.3 Å². The zero-order valence-corrected chi connectivity index (χ0v) is 14.3. The largest absolute Gasteiger partial charge is 0.497 e. The van der Waals surface area contributed by atoms with Crippen LogP contribution in [0.4, 0.5) is 11.5 Å². The fourth-order valence-corrected chi connectivity index (χ4v) is 3.05. The van der Waals surface area contributed by atoms with Crippen LogP contribution in [0.3, 0.4) is 0 Å². The Morgan fingerprint density at radius 3 is 2.73 bits per heavy atom. The smallest absolute Gasteiger partial charge is 0.254 e. The Morgan fingerprint density at radius 2 is 2.00 bits per heavy atom. The molecule has 0 saturated heterocycles. The Kier molecular flexibility index (Phi) is 4.23. The van der Waals surface area contributed by atoms with Crippen molar-refractivity contribution in [2.45, 2.75) is 13.1 Å². The SMILES string of the molecule is COc1ccc(CN2Cc3cc(Nc4ccncn4)ccc3C2=O)cc1. The maximum atomic E-state index is 12.7. The van der Waals surface area contributed by atoms with Gasteiger partial charge in [-0.1, -0.05) is 12.1 Å². The molecule has 26 heavy (non-hydrogen) atoms. The fourth-order valence-electron chi connectivity index (χ4n) is 3.05. The first-order valence-corrected chi connectivity index (χ1v) is 8.31. The van der Waals surface area contributed by atoms with Crippen LogP contribution in [0.25, 0.3) is 0 Å². The van der Waals surface area contributed by atoms with Crippen LogP contribution >= 0.6 is 0 Å². The molecule has 0 unspecified atom stereocenters. The van der Waals surface area contributed by atoms with Gasteiger partial charge in [-0.3, -0.25) is 4.79 Å². The minimum absolute atomic E-state index is 0.0596. The van der Waals surface area contributed by atoms with Crippen molar-refractivity contribution < 1.29 is 9.53 Å². The molecule has 4 rings (SSSR count). The lowest BCUT2D eigenvalue weighted by atomic mass is 10.1. The molecule has 2 aromatic carbocycles. The lowest BCUT2D eigenvalue weighted by Crippen LogP contribution is -2.23. The van der Waals surface area contributed by atoms with Crippen LogP contribution in [-0.2, 0) is 13.1 Å². The number of carbonyl (C=O) groups excluding carboxylic acids is 1. The highest BCUT2D eigenvalue weighted by Crippen LogP contribution is 2.28. The Bertz CT molecular complexity index is 926. The molecule has 0 aliphatic carbocycles. The van der Waals surface area contributed by atoms with Crippen molar-refractivity contribution in [3.8, 4) is 5.75 Å². The van der Waals surface area contributed by atoms with Crippen molar-refractivity contribution in [3.05, 3.63) is 77.7 Å². The van der Waals surface area contributed by atoms with Crippen LogP contribution in [0.2, 0.25) is 0 Å². The molecule has 130 valence electrons. The van der Waals surface area contributed by atoms with Gasteiger partial charge in [-0.05, 0) is 47.5 Å². The van der Waals surface area contributed by atoms with Gasteiger partial charge in [0.15, 0.2) is 0 Å². The number of benzene rings is 2. The summed E-state index contributed by atoms with van der Waals surface area (Å²) in [6, 6.07) is 15.4. The highest BCUT2D eigenvalue weighted by Gasteiger charge is 2.27. The number of nitrogens with zero attached hydrogens (tertiary/aromatic N) is 3. The van der Waals surface area contributed by atoms with E-state index in [0.29, 0.717) is 13.1 Å². The Labute approximate surface area is 151 Å². The van der Waals surface area contributed by atoms with E-state index in [-0.39, 0.29) is 5.91 Å². The Hall–Kier alpha value is -3.41. The van der Waals surface area contributed by atoms with E-state index in [4.69, 9.17) is 4.74 Å². The van der Waals surface area contributed by atoms with Crippen LogP contribution in [0.15, 0.2) is 61.1 Å². The van der Waals surface area contributed by atoms with Gasteiger partial charge in [0, 0.05) is 30.5 Å². The third-order valence-corrected chi connectivity index (χ3v) is 4.37. The van der Waals surface area contributed by atoms with E-state index in [2.05, 4.69) is 15.3 Å². The van der Waals surface area contributed by atoms with Crippen LogP contribution in [0.5, 0.6) is 5.75 Å². The van der Waals surface area contributed by atoms with Crippen molar-refractivity contribution in [1.82, 2.24) is 14.9 Å². The Balaban J connectivity index is 1.49. The minimum atomic E-state index is 0.0596. The third-order valence-electron chi connectivity index (χ3n) is 4.37. The highest BCUT2D eigenvalue weighted by atomic mass is 16.5. The van der Waals surface area contributed by atoms with E-state index in [1.807, 2.05) is 47.4 Å². The molecule has 3 aromatic rings. The van der Waals surface area contributed by atoms with Gasteiger partial charge >= 0.3 is 0 Å². The lowest BCUT2D eigenvalue weighted by molar-refractivity contribution is 0.0766.